The molecule has 34 heavy (non-hydrogen) atoms. The summed E-state index contributed by atoms with van der Waals surface area (Å²) in [5.74, 6) is 1.07. The van der Waals surface area contributed by atoms with E-state index in [1.807, 2.05) is 33.8 Å². The van der Waals surface area contributed by atoms with E-state index < -0.39 is 11.8 Å². The van der Waals surface area contributed by atoms with Crippen molar-refractivity contribution in [2.45, 2.75) is 34.2 Å². The summed E-state index contributed by atoms with van der Waals surface area (Å²) in [7, 11) is 0. The second kappa shape index (κ2) is 8.38. The monoisotopic (exact) mass is 474 g/mol. The molecule has 0 saturated heterocycles. The van der Waals surface area contributed by atoms with Gasteiger partial charge in [0, 0.05) is 17.5 Å². The summed E-state index contributed by atoms with van der Waals surface area (Å²) in [6.07, 6.45) is 1.56. The highest BCUT2D eigenvalue weighted by molar-refractivity contribution is 7.20. The van der Waals surface area contributed by atoms with Gasteiger partial charge in [-0.25, -0.2) is 15.0 Å². The molecule has 0 aliphatic rings. The molecule has 2 amide bonds. The summed E-state index contributed by atoms with van der Waals surface area (Å²) >= 11 is 1.24. The highest BCUT2D eigenvalue weighted by atomic mass is 32.1. The number of rotatable bonds is 4. The van der Waals surface area contributed by atoms with E-state index in [9.17, 15) is 9.59 Å². The third-order valence-electron chi connectivity index (χ3n) is 5.73. The maximum Gasteiger partial charge on any atom is 0.280 e. The van der Waals surface area contributed by atoms with Gasteiger partial charge in [0.05, 0.1) is 27.9 Å². The fourth-order valence-corrected chi connectivity index (χ4v) is 5.23. The Labute approximate surface area is 198 Å². The number of aryl methyl sites for hydroxylation is 4. The zero-order valence-corrected chi connectivity index (χ0v) is 19.9. The molecule has 1 aromatic carbocycles. The molecule has 0 spiro atoms. The molecular weight excluding hydrogens is 452 g/mol. The number of thiophene rings is 1. The standard InChI is InChI=1S/C24H22N6O3S/c1-5-30-14(4)26-16-11-15(8-9-17(16)30)22(31)28-29-23(32)20-12(2)19-13(3)25-21(27-24(19)34-20)18-7-6-10-33-18/h6-11H,5H2,1-4H3,(H,28,31)(H,29,32). The quantitative estimate of drug-likeness (QED) is 0.375. The first-order chi connectivity index (χ1) is 16.4. The molecule has 4 aromatic heterocycles. The molecule has 172 valence electrons. The lowest BCUT2D eigenvalue weighted by molar-refractivity contribution is 0.0848. The number of hydrazine groups is 1. The van der Waals surface area contributed by atoms with Crippen molar-refractivity contribution in [2.24, 2.45) is 0 Å². The number of nitrogens with one attached hydrogen (secondary N) is 2. The predicted molar refractivity (Wildman–Crippen MR) is 130 cm³/mol. The number of hydrogen-bond acceptors (Lipinski definition) is 7. The lowest BCUT2D eigenvalue weighted by Crippen LogP contribution is -2.41. The van der Waals surface area contributed by atoms with Crippen molar-refractivity contribution in [3.63, 3.8) is 0 Å². The molecule has 2 N–H and O–H groups in total. The zero-order valence-electron chi connectivity index (χ0n) is 19.1. The molecule has 5 aromatic rings. The Morgan fingerprint density at radius 3 is 2.59 bits per heavy atom. The second-order valence-corrected chi connectivity index (χ2v) is 8.86. The van der Waals surface area contributed by atoms with E-state index >= 15 is 0 Å². The number of imidazole rings is 1. The van der Waals surface area contributed by atoms with Gasteiger partial charge >= 0.3 is 0 Å². The Morgan fingerprint density at radius 2 is 1.85 bits per heavy atom. The summed E-state index contributed by atoms with van der Waals surface area (Å²) < 4.78 is 7.48. The van der Waals surface area contributed by atoms with Gasteiger partial charge in [0.15, 0.2) is 11.6 Å². The van der Waals surface area contributed by atoms with Crippen LogP contribution in [0.1, 0.15) is 44.0 Å². The molecule has 5 rings (SSSR count). The number of hydrogen-bond donors (Lipinski definition) is 2. The first kappa shape index (κ1) is 21.8. The molecule has 0 unspecified atom stereocenters. The average Bonchev–Trinajstić information content (AvgIpc) is 3.54. The van der Waals surface area contributed by atoms with Crippen molar-refractivity contribution in [3.05, 3.63) is 64.1 Å². The van der Waals surface area contributed by atoms with Crippen LogP contribution in [0.15, 0.2) is 41.0 Å². The maximum atomic E-state index is 12.9. The molecule has 0 aliphatic heterocycles. The minimum atomic E-state index is -0.422. The fraction of sp³-hybridized carbons (Fsp3) is 0.208. The molecule has 0 fully saturated rings. The molecule has 0 atom stereocenters. The molecule has 0 bridgehead atoms. The van der Waals surface area contributed by atoms with Gasteiger partial charge in [-0.05, 0) is 63.6 Å². The van der Waals surface area contributed by atoms with Crippen LogP contribution in [0.2, 0.25) is 0 Å². The Balaban J connectivity index is 1.36. The van der Waals surface area contributed by atoms with Gasteiger partial charge in [-0.15, -0.1) is 11.3 Å². The van der Waals surface area contributed by atoms with Gasteiger partial charge in [0.1, 0.15) is 10.7 Å². The van der Waals surface area contributed by atoms with E-state index in [1.165, 1.54) is 11.3 Å². The average molecular weight is 475 g/mol. The van der Waals surface area contributed by atoms with Gasteiger partial charge in [0.2, 0.25) is 0 Å². The predicted octanol–water partition coefficient (Wildman–Crippen LogP) is 4.32. The normalized spacial score (nSPS) is 11.3. The van der Waals surface area contributed by atoms with E-state index in [2.05, 4.69) is 30.4 Å². The highest BCUT2D eigenvalue weighted by Crippen LogP contribution is 2.32. The smallest absolute Gasteiger partial charge is 0.280 e. The van der Waals surface area contributed by atoms with Crippen molar-refractivity contribution in [1.82, 2.24) is 30.4 Å². The number of carbonyl (C=O) groups is 2. The van der Waals surface area contributed by atoms with E-state index in [-0.39, 0.29) is 0 Å². The Kier molecular flexibility index (Phi) is 5.37. The fourth-order valence-electron chi connectivity index (χ4n) is 4.10. The van der Waals surface area contributed by atoms with Gasteiger partial charge in [-0.1, -0.05) is 0 Å². The van der Waals surface area contributed by atoms with Crippen molar-refractivity contribution in [1.29, 1.82) is 0 Å². The van der Waals surface area contributed by atoms with Gasteiger partial charge in [-0.2, -0.15) is 0 Å². The summed E-state index contributed by atoms with van der Waals surface area (Å²) in [5.41, 5.74) is 8.64. The number of furan rings is 1. The maximum absolute atomic E-state index is 12.9. The van der Waals surface area contributed by atoms with E-state index in [0.717, 1.165) is 40.0 Å². The molecule has 0 radical (unpaired) electrons. The molecule has 4 heterocycles. The molecule has 10 heteroatoms. The summed E-state index contributed by atoms with van der Waals surface area (Å²) in [6, 6.07) is 8.86. The topological polar surface area (TPSA) is 115 Å². The van der Waals surface area contributed by atoms with Gasteiger partial charge in [-0.3, -0.25) is 20.4 Å². The van der Waals surface area contributed by atoms with E-state index in [0.29, 0.717) is 26.9 Å². The molecule has 0 saturated carbocycles. The lowest BCUT2D eigenvalue weighted by Gasteiger charge is -2.07. The van der Waals surface area contributed by atoms with Crippen LogP contribution in [0.5, 0.6) is 0 Å². The van der Waals surface area contributed by atoms with Crippen LogP contribution >= 0.6 is 11.3 Å². The number of amides is 2. The number of aromatic nitrogens is 4. The SMILES string of the molecule is CCn1c(C)nc2cc(C(=O)NNC(=O)c3sc4nc(-c5ccco5)nc(C)c4c3C)ccc21. The Morgan fingerprint density at radius 1 is 1.06 bits per heavy atom. The third-order valence-corrected chi connectivity index (χ3v) is 6.91. The van der Waals surface area contributed by atoms with Crippen molar-refractivity contribution in [3.8, 4) is 11.6 Å². The minimum Gasteiger partial charge on any atom is -0.461 e. The second-order valence-electron chi connectivity index (χ2n) is 7.86. The van der Waals surface area contributed by atoms with Crippen LogP contribution in [0.4, 0.5) is 0 Å². The van der Waals surface area contributed by atoms with Crippen LogP contribution in [0, 0.1) is 20.8 Å². The van der Waals surface area contributed by atoms with Crippen LogP contribution in [0.3, 0.4) is 0 Å². The van der Waals surface area contributed by atoms with Crippen LogP contribution in [0.25, 0.3) is 32.8 Å². The minimum absolute atomic E-state index is 0.409. The van der Waals surface area contributed by atoms with Crippen molar-refractivity contribution in [2.75, 3.05) is 0 Å². The molecule has 0 aliphatic carbocycles. The number of carbonyl (C=O) groups excluding carboxylic acids is 2. The van der Waals surface area contributed by atoms with Gasteiger partial charge in [0.25, 0.3) is 11.8 Å². The first-order valence-electron chi connectivity index (χ1n) is 10.8. The summed E-state index contributed by atoms with van der Waals surface area (Å²) in [6.45, 7) is 8.49. The third kappa shape index (κ3) is 3.61. The number of fused-ring (bicyclic) bond motifs is 2. The van der Waals surface area contributed by atoms with E-state index in [1.54, 1.807) is 30.5 Å². The lowest BCUT2D eigenvalue weighted by atomic mass is 10.1. The molecular formula is C24H22N6O3S. The van der Waals surface area contributed by atoms with E-state index in [4.69, 9.17) is 4.42 Å². The largest absolute Gasteiger partial charge is 0.461 e. The molecule has 9 nitrogen and oxygen atoms in total. The first-order valence-corrected chi connectivity index (χ1v) is 11.6. The zero-order chi connectivity index (χ0) is 24.0. The summed E-state index contributed by atoms with van der Waals surface area (Å²) in [5, 5.41) is 0.823. The van der Waals surface area contributed by atoms with Crippen molar-refractivity contribution < 1.29 is 14.0 Å². The van der Waals surface area contributed by atoms with Crippen LogP contribution in [-0.2, 0) is 6.54 Å². The van der Waals surface area contributed by atoms with Gasteiger partial charge < -0.3 is 8.98 Å². The number of benzene rings is 1. The highest BCUT2D eigenvalue weighted by Gasteiger charge is 2.21. The van der Waals surface area contributed by atoms with Crippen LogP contribution < -0.4 is 10.9 Å². The Hall–Kier alpha value is -4.05. The van der Waals surface area contributed by atoms with Crippen LogP contribution in [-0.4, -0.2) is 31.3 Å². The Bertz CT molecular complexity index is 1570. The summed E-state index contributed by atoms with van der Waals surface area (Å²) in [4.78, 5) is 40.3. The van der Waals surface area contributed by atoms with Crippen molar-refractivity contribution >= 4 is 44.4 Å². The number of nitrogens with zero attached hydrogens (tertiary/aromatic N) is 4.